The fourth-order valence-electron chi connectivity index (χ4n) is 1.37. The molecule has 3 nitrogen and oxygen atoms in total. The van der Waals surface area contributed by atoms with Crippen molar-refractivity contribution in [2.75, 3.05) is 6.54 Å². The van der Waals surface area contributed by atoms with Gasteiger partial charge in [0.1, 0.15) is 5.76 Å². The second-order valence-electron chi connectivity index (χ2n) is 2.87. The number of hydrogen-bond acceptors (Lipinski definition) is 2. The molecule has 1 aliphatic heterocycles. The molecule has 0 fully saturated rings. The van der Waals surface area contributed by atoms with E-state index in [-0.39, 0.29) is 18.2 Å². The van der Waals surface area contributed by atoms with Crippen molar-refractivity contribution in [2.45, 2.75) is 0 Å². The van der Waals surface area contributed by atoms with E-state index in [1.165, 1.54) is 0 Å². The lowest BCUT2D eigenvalue weighted by molar-refractivity contribution is -0.114. The average molecular weight is 175 g/mol. The van der Waals surface area contributed by atoms with E-state index < -0.39 is 0 Å². The molecule has 1 aliphatic rings. The van der Waals surface area contributed by atoms with Crippen molar-refractivity contribution in [3.8, 4) is 0 Å². The van der Waals surface area contributed by atoms with Gasteiger partial charge in [0.15, 0.2) is 0 Å². The molecule has 0 bridgehead atoms. The Morgan fingerprint density at radius 3 is 2.46 bits per heavy atom. The molecule has 0 radical (unpaired) electrons. The second kappa shape index (κ2) is 2.94. The molecule has 0 aromatic heterocycles. The maximum absolute atomic E-state index is 11.3. The Bertz CT molecular complexity index is 368. The van der Waals surface area contributed by atoms with Crippen LogP contribution in [0.4, 0.5) is 0 Å². The van der Waals surface area contributed by atoms with Gasteiger partial charge >= 0.3 is 0 Å². The quantitative estimate of drug-likeness (QED) is 0.671. The number of benzene rings is 1. The summed E-state index contributed by atoms with van der Waals surface area (Å²) in [6, 6.07) is 9.14. The third-order valence-electron chi connectivity index (χ3n) is 1.99. The number of carbonyl (C=O) groups is 1. The molecule has 1 aromatic carbocycles. The number of nitrogens with one attached hydrogen (secondary N) is 1. The van der Waals surface area contributed by atoms with Gasteiger partial charge in [-0.1, -0.05) is 30.3 Å². The lowest BCUT2D eigenvalue weighted by atomic mass is 10.1. The van der Waals surface area contributed by atoms with E-state index >= 15 is 0 Å². The highest BCUT2D eigenvalue weighted by Gasteiger charge is 2.22. The number of carbonyl (C=O) groups excluding carboxylic acids is 1. The Morgan fingerprint density at radius 2 is 1.92 bits per heavy atom. The Hall–Kier alpha value is -1.77. The smallest absolute Gasteiger partial charge is 0.255 e. The minimum absolute atomic E-state index is 0.121. The van der Waals surface area contributed by atoms with Crippen molar-refractivity contribution >= 4 is 11.5 Å². The zero-order valence-electron chi connectivity index (χ0n) is 6.95. The first-order valence-corrected chi connectivity index (χ1v) is 4.05. The van der Waals surface area contributed by atoms with Gasteiger partial charge in [-0.05, 0) is 5.56 Å². The van der Waals surface area contributed by atoms with Crippen LogP contribution >= 0.6 is 0 Å². The number of rotatable bonds is 1. The van der Waals surface area contributed by atoms with Gasteiger partial charge in [0.2, 0.25) is 0 Å². The minimum Gasteiger partial charge on any atom is -0.510 e. The predicted molar refractivity (Wildman–Crippen MR) is 49.0 cm³/mol. The molecule has 1 amide bonds. The maximum atomic E-state index is 11.3. The molecule has 0 unspecified atom stereocenters. The molecule has 13 heavy (non-hydrogen) atoms. The average Bonchev–Trinajstić information content (AvgIpc) is 2.48. The van der Waals surface area contributed by atoms with Crippen molar-refractivity contribution < 1.29 is 9.90 Å². The Labute approximate surface area is 75.7 Å². The second-order valence-corrected chi connectivity index (χ2v) is 2.87. The molecule has 66 valence electrons. The van der Waals surface area contributed by atoms with Crippen LogP contribution in [-0.4, -0.2) is 17.6 Å². The van der Waals surface area contributed by atoms with Gasteiger partial charge in [0.05, 0.1) is 12.1 Å². The highest BCUT2D eigenvalue weighted by molar-refractivity contribution is 6.22. The largest absolute Gasteiger partial charge is 0.510 e. The van der Waals surface area contributed by atoms with Crippen LogP contribution in [-0.2, 0) is 4.79 Å². The Morgan fingerprint density at radius 1 is 1.23 bits per heavy atom. The van der Waals surface area contributed by atoms with E-state index in [1.54, 1.807) is 12.1 Å². The highest BCUT2D eigenvalue weighted by Crippen LogP contribution is 2.20. The van der Waals surface area contributed by atoms with Gasteiger partial charge in [-0.2, -0.15) is 0 Å². The number of hydrogen-bond donors (Lipinski definition) is 2. The molecular formula is C10H9NO2. The summed E-state index contributed by atoms with van der Waals surface area (Å²) < 4.78 is 0. The first-order valence-electron chi connectivity index (χ1n) is 4.05. The summed E-state index contributed by atoms with van der Waals surface area (Å²) in [7, 11) is 0. The first-order chi connectivity index (χ1) is 6.29. The summed E-state index contributed by atoms with van der Waals surface area (Å²) in [5.74, 6) is -0.0834. The van der Waals surface area contributed by atoms with Gasteiger partial charge in [0, 0.05) is 0 Å². The Kier molecular flexibility index (Phi) is 1.77. The lowest BCUT2D eigenvalue weighted by Crippen LogP contribution is -2.16. The molecule has 2 rings (SSSR count). The van der Waals surface area contributed by atoms with Crippen molar-refractivity contribution in [1.82, 2.24) is 5.32 Å². The van der Waals surface area contributed by atoms with Crippen LogP contribution in [0, 0.1) is 0 Å². The summed E-state index contributed by atoms with van der Waals surface area (Å²) in [6.45, 7) is 0.239. The summed E-state index contributed by atoms with van der Waals surface area (Å²) in [4.78, 5) is 11.3. The summed E-state index contributed by atoms with van der Waals surface area (Å²) in [5.41, 5.74) is 1.15. The zero-order valence-corrected chi connectivity index (χ0v) is 6.95. The molecule has 0 aliphatic carbocycles. The molecule has 0 spiro atoms. The third-order valence-corrected chi connectivity index (χ3v) is 1.99. The van der Waals surface area contributed by atoms with Gasteiger partial charge < -0.3 is 10.4 Å². The van der Waals surface area contributed by atoms with Crippen LogP contribution in [0.1, 0.15) is 5.56 Å². The van der Waals surface area contributed by atoms with Gasteiger partial charge in [-0.25, -0.2) is 0 Å². The van der Waals surface area contributed by atoms with E-state index in [0.717, 1.165) is 5.56 Å². The van der Waals surface area contributed by atoms with Crippen molar-refractivity contribution in [2.24, 2.45) is 0 Å². The molecule has 3 heteroatoms. The van der Waals surface area contributed by atoms with Gasteiger partial charge in [0.25, 0.3) is 5.91 Å². The van der Waals surface area contributed by atoms with E-state index in [1.807, 2.05) is 18.2 Å². The van der Waals surface area contributed by atoms with Crippen LogP contribution in [0.15, 0.2) is 36.1 Å². The number of amides is 1. The van der Waals surface area contributed by atoms with Crippen LogP contribution in [0.25, 0.3) is 5.57 Å². The standard InChI is InChI=1S/C10H9NO2/c12-8-6-11-10(13)9(8)7-4-2-1-3-5-7/h1-5,12H,6H2,(H,11,13). The number of aliphatic hydroxyl groups is 1. The van der Waals surface area contributed by atoms with Crippen LogP contribution in [0.5, 0.6) is 0 Å². The fraction of sp³-hybridized carbons (Fsp3) is 0.100. The van der Waals surface area contributed by atoms with E-state index in [4.69, 9.17) is 0 Å². The number of aliphatic hydroxyl groups excluding tert-OH is 1. The molecule has 0 saturated carbocycles. The first kappa shape index (κ1) is 7.86. The summed E-state index contributed by atoms with van der Waals surface area (Å²) in [6.07, 6.45) is 0. The SMILES string of the molecule is O=C1NCC(O)=C1c1ccccc1. The molecule has 0 atom stereocenters. The minimum atomic E-state index is -0.205. The van der Waals surface area contributed by atoms with Crippen LogP contribution < -0.4 is 5.32 Å². The zero-order chi connectivity index (χ0) is 9.26. The molecule has 1 aromatic rings. The lowest BCUT2D eigenvalue weighted by Gasteiger charge is -1.99. The van der Waals surface area contributed by atoms with Crippen molar-refractivity contribution in [3.63, 3.8) is 0 Å². The van der Waals surface area contributed by atoms with Gasteiger partial charge in [-0.3, -0.25) is 4.79 Å². The summed E-state index contributed by atoms with van der Waals surface area (Å²) >= 11 is 0. The fourth-order valence-corrected chi connectivity index (χ4v) is 1.37. The highest BCUT2D eigenvalue weighted by atomic mass is 16.3. The van der Waals surface area contributed by atoms with Crippen LogP contribution in [0.2, 0.25) is 0 Å². The van der Waals surface area contributed by atoms with E-state index in [9.17, 15) is 9.90 Å². The summed E-state index contributed by atoms with van der Waals surface area (Å²) in [5, 5.41) is 12.0. The molecule has 2 N–H and O–H groups in total. The Balaban J connectivity index is 2.47. The monoisotopic (exact) mass is 175 g/mol. The normalized spacial score (nSPS) is 16.2. The molecular weight excluding hydrogens is 166 g/mol. The van der Waals surface area contributed by atoms with E-state index in [2.05, 4.69) is 5.32 Å². The maximum Gasteiger partial charge on any atom is 0.255 e. The van der Waals surface area contributed by atoms with Crippen molar-refractivity contribution in [3.05, 3.63) is 41.7 Å². The topological polar surface area (TPSA) is 49.3 Å². The van der Waals surface area contributed by atoms with Crippen molar-refractivity contribution in [1.29, 1.82) is 0 Å². The molecule has 0 saturated heterocycles. The molecule has 1 heterocycles. The van der Waals surface area contributed by atoms with Crippen LogP contribution in [0.3, 0.4) is 0 Å². The third kappa shape index (κ3) is 1.28. The van der Waals surface area contributed by atoms with E-state index in [0.29, 0.717) is 5.57 Å². The predicted octanol–water partition coefficient (Wildman–Crippen LogP) is 1.09. The van der Waals surface area contributed by atoms with Gasteiger partial charge in [-0.15, -0.1) is 0 Å².